The molecule has 4 fully saturated rings. The summed E-state index contributed by atoms with van der Waals surface area (Å²) in [6.45, 7) is 10.4. The van der Waals surface area contributed by atoms with Gasteiger partial charge < -0.3 is 0 Å². The molecule has 0 heteroatoms. The Bertz CT molecular complexity index is 424. The molecule has 0 aromatic heterocycles. The molecule has 0 aromatic rings. The van der Waals surface area contributed by atoms with Gasteiger partial charge in [-0.1, -0.05) is 40.5 Å². The molecular formula is C22H38. The highest BCUT2D eigenvalue weighted by atomic mass is 14.6. The molecule has 0 bridgehead atoms. The van der Waals surface area contributed by atoms with Crippen LogP contribution in [0, 0.1) is 46.3 Å². The first kappa shape index (κ1) is 15.5. The third-order valence-corrected chi connectivity index (χ3v) is 9.46. The Hall–Kier alpha value is 0. The minimum absolute atomic E-state index is 0.688. The van der Waals surface area contributed by atoms with E-state index >= 15 is 0 Å². The maximum Gasteiger partial charge on any atom is -0.0264 e. The standard InChI is InChI=1S/C22H38/c1-15(2)18-10-11-19-17-9-8-16-7-5-6-13-21(16,3)20(17)12-14-22(18,19)4/h15-20H,5-14H2,1-4H3/t16?,17-,18+,19-,20+,21+,22+/m0/s1. The van der Waals surface area contributed by atoms with E-state index in [-0.39, 0.29) is 0 Å². The molecule has 0 spiro atoms. The molecule has 0 saturated heterocycles. The van der Waals surface area contributed by atoms with Crippen LogP contribution < -0.4 is 0 Å². The molecule has 0 aromatic carbocycles. The first-order valence-corrected chi connectivity index (χ1v) is 10.5. The van der Waals surface area contributed by atoms with Crippen LogP contribution in [0.1, 0.15) is 91.9 Å². The van der Waals surface area contributed by atoms with Gasteiger partial charge in [-0.05, 0) is 97.7 Å². The van der Waals surface area contributed by atoms with Crippen molar-refractivity contribution in [2.75, 3.05) is 0 Å². The summed E-state index contributed by atoms with van der Waals surface area (Å²) in [5, 5.41) is 0. The SMILES string of the molecule is CC(C)[C@H]1CC[C@H]2[C@@H]3CCC4CCCC[C@@]4(C)[C@@H]3CC[C@]12C. The van der Waals surface area contributed by atoms with Gasteiger partial charge in [-0.15, -0.1) is 0 Å². The van der Waals surface area contributed by atoms with Crippen LogP contribution in [0.15, 0.2) is 0 Å². The number of rotatable bonds is 1. The summed E-state index contributed by atoms with van der Waals surface area (Å²) in [6, 6.07) is 0. The van der Waals surface area contributed by atoms with E-state index in [0.29, 0.717) is 5.41 Å². The van der Waals surface area contributed by atoms with Gasteiger partial charge in [0.2, 0.25) is 0 Å². The van der Waals surface area contributed by atoms with Gasteiger partial charge in [0.15, 0.2) is 0 Å². The summed E-state index contributed by atoms with van der Waals surface area (Å²) in [6.07, 6.45) is 15.5. The lowest BCUT2D eigenvalue weighted by Gasteiger charge is -2.60. The molecule has 0 nitrogen and oxygen atoms in total. The average molecular weight is 303 g/mol. The van der Waals surface area contributed by atoms with Crippen molar-refractivity contribution in [2.45, 2.75) is 91.9 Å². The normalized spacial score (nSPS) is 54.7. The van der Waals surface area contributed by atoms with E-state index in [2.05, 4.69) is 27.7 Å². The van der Waals surface area contributed by atoms with Crippen molar-refractivity contribution in [3.63, 3.8) is 0 Å². The number of hydrogen-bond acceptors (Lipinski definition) is 0. The Balaban J connectivity index is 1.62. The molecule has 0 radical (unpaired) electrons. The van der Waals surface area contributed by atoms with Crippen molar-refractivity contribution in [2.24, 2.45) is 46.3 Å². The summed E-state index contributed by atoms with van der Waals surface area (Å²) >= 11 is 0. The van der Waals surface area contributed by atoms with Gasteiger partial charge in [0.25, 0.3) is 0 Å². The fourth-order valence-electron chi connectivity index (χ4n) is 8.43. The zero-order valence-electron chi connectivity index (χ0n) is 15.5. The largest absolute Gasteiger partial charge is 0.0625 e. The van der Waals surface area contributed by atoms with Gasteiger partial charge in [-0.3, -0.25) is 0 Å². The highest BCUT2D eigenvalue weighted by Gasteiger charge is 2.59. The number of hydrogen-bond donors (Lipinski definition) is 0. The van der Waals surface area contributed by atoms with Crippen molar-refractivity contribution < 1.29 is 0 Å². The van der Waals surface area contributed by atoms with Gasteiger partial charge in [0, 0.05) is 0 Å². The summed E-state index contributed by atoms with van der Waals surface area (Å²) < 4.78 is 0. The van der Waals surface area contributed by atoms with Crippen LogP contribution >= 0.6 is 0 Å². The molecule has 126 valence electrons. The average Bonchev–Trinajstić information content (AvgIpc) is 2.84. The second-order valence-electron chi connectivity index (χ2n) is 10.4. The van der Waals surface area contributed by atoms with Gasteiger partial charge in [-0.2, -0.15) is 0 Å². The molecule has 0 amide bonds. The van der Waals surface area contributed by atoms with Gasteiger partial charge in [-0.25, -0.2) is 0 Å². The molecule has 0 heterocycles. The monoisotopic (exact) mass is 302 g/mol. The minimum atomic E-state index is 0.688. The second kappa shape index (κ2) is 5.25. The quantitative estimate of drug-likeness (QED) is 0.506. The van der Waals surface area contributed by atoms with Crippen molar-refractivity contribution in [3.05, 3.63) is 0 Å². The van der Waals surface area contributed by atoms with Crippen LogP contribution in [0.5, 0.6) is 0 Å². The van der Waals surface area contributed by atoms with E-state index in [1.165, 1.54) is 19.3 Å². The first-order chi connectivity index (χ1) is 10.5. The van der Waals surface area contributed by atoms with Crippen molar-refractivity contribution in [1.82, 2.24) is 0 Å². The Labute approximate surface area is 138 Å². The highest BCUT2D eigenvalue weighted by molar-refractivity contribution is 5.08. The molecule has 4 aliphatic carbocycles. The van der Waals surface area contributed by atoms with E-state index in [1.54, 1.807) is 44.9 Å². The lowest BCUT2D eigenvalue weighted by molar-refractivity contribution is -0.113. The maximum absolute atomic E-state index is 2.71. The summed E-state index contributed by atoms with van der Waals surface area (Å²) in [4.78, 5) is 0. The zero-order valence-corrected chi connectivity index (χ0v) is 15.5. The molecule has 0 aliphatic heterocycles. The van der Waals surface area contributed by atoms with E-state index in [4.69, 9.17) is 0 Å². The first-order valence-electron chi connectivity index (χ1n) is 10.5. The van der Waals surface area contributed by atoms with Crippen molar-refractivity contribution in [1.29, 1.82) is 0 Å². The van der Waals surface area contributed by atoms with Crippen molar-refractivity contribution in [3.8, 4) is 0 Å². The fourth-order valence-corrected chi connectivity index (χ4v) is 8.43. The topological polar surface area (TPSA) is 0 Å². The smallest absolute Gasteiger partial charge is 0.0264 e. The Morgan fingerprint density at radius 2 is 1.50 bits per heavy atom. The van der Waals surface area contributed by atoms with E-state index in [1.807, 2.05) is 0 Å². The molecule has 22 heavy (non-hydrogen) atoms. The van der Waals surface area contributed by atoms with Crippen LogP contribution in [0.3, 0.4) is 0 Å². The van der Waals surface area contributed by atoms with Gasteiger partial charge >= 0.3 is 0 Å². The molecule has 1 unspecified atom stereocenters. The number of fused-ring (bicyclic) bond motifs is 5. The Kier molecular flexibility index (Phi) is 3.70. The fraction of sp³-hybridized carbons (Fsp3) is 1.00. The summed E-state index contributed by atoms with van der Waals surface area (Å²) in [5.74, 6) is 6.22. The minimum Gasteiger partial charge on any atom is -0.0625 e. The van der Waals surface area contributed by atoms with Crippen LogP contribution in [0.25, 0.3) is 0 Å². The Morgan fingerprint density at radius 1 is 0.727 bits per heavy atom. The van der Waals surface area contributed by atoms with E-state index < -0.39 is 0 Å². The molecule has 4 saturated carbocycles. The predicted octanol–water partition coefficient (Wildman–Crippen LogP) is 6.69. The van der Waals surface area contributed by atoms with E-state index in [9.17, 15) is 0 Å². The molecule has 7 atom stereocenters. The lowest BCUT2D eigenvalue weighted by Crippen LogP contribution is -2.53. The molecule has 4 rings (SSSR count). The summed E-state index contributed by atoms with van der Waals surface area (Å²) in [7, 11) is 0. The second-order valence-corrected chi connectivity index (χ2v) is 10.4. The molecule has 0 N–H and O–H groups in total. The zero-order chi connectivity index (χ0) is 15.5. The highest BCUT2D eigenvalue weighted by Crippen LogP contribution is 2.68. The third-order valence-electron chi connectivity index (χ3n) is 9.46. The molecule has 4 aliphatic rings. The van der Waals surface area contributed by atoms with Crippen LogP contribution in [-0.2, 0) is 0 Å². The van der Waals surface area contributed by atoms with Gasteiger partial charge in [0.1, 0.15) is 0 Å². The van der Waals surface area contributed by atoms with Crippen molar-refractivity contribution >= 4 is 0 Å². The van der Waals surface area contributed by atoms with Crippen LogP contribution in [0.2, 0.25) is 0 Å². The lowest BCUT2D eigenvalue weighted by atomic mass is 9.44. The third kappa shape index (κ3) is 2.01. The van der Waals surface area contributed by atoms with Crippen LogP contribution in [-0.4, -0.2) is 0 Å². The van der Waals surface area contributed by atoms with Gasteiger partial charge in [0.05, 0.1) is 0 Å². The Morgan fingerprint density at radius 3 is 2.27 bits per heavy atom. The van der Waals surface area contributed by atoms with Crippen LogP contribution in [0.4, 0.5) is 0 Å². The molecular weight excluding hydrogens is 264 g/mol. The maximum atomic E-state index is 2.71. The van der Waals surface area contributed by atoms with E-state index in [0.717, 1.165) is 40.9 Å². The predicted molar refractivity (Wildman–Crippen MR) is 94.7 cm³/mol. The summed E-state index contributed by atoms with van der Waals surface area (Å²) in [5.41, 5.74) is 1.41.